The minimum Gasteiger partial charge on any atom is -0.384 e. The van der Waals surface area contributed by atoms with Gasteiger partial charge in [-0.2, -0.15) is 0 Å². The molecule has 0 spiro atoms. The standard InChI is InChI=1S/C20H20N4O2.CH3/c1-22-11-12-24(13-22)10-4-9-21-17-8-7-16-18-14(17)5-3-6-15(18)19(25)23(2)20(16)26;/h3,5-8,11-13H,4,9-10H2,1-2H3;1H3/q;-1/p+1. The molecule has 1 N–H and O–H groups in total. The molecule has 4 rings (SSSR count). The zero-order chi connectivity index (χ0) is 18.3. The summed E-state index contributed by atoms with van der Waals surface area (Å²) in [5, 5.41) is 5.12. The lowest BCUT2D eigenvalue weighted by atomic mass is 9.93. The summed E-state index contributed by atoms with van der Waals surface area (Å²) in [5.74, 6) is -0.489. The highest BCUT2D eigenvalue weighted by Gasteiger charge is 2.30. The number of nitrogens with zero attached hydrogens (tertiary/aromatic N) is 3. The highest BCUT2D eigenvalue weighted by atomic mass is 16.2. The van der Waals surface area contributed by atoms with Gasteiger partial charge in [-0.3, -0.25) is 14.5 Å². The van der Waals surface area contributed by atoms with Crippen molar-refractivity contribution in [3.63, 3.8) is 0 Å². The first-order valence-electron chi connectivity index (χ1n) is 8.69. The fourth-order valence-corrected chi connectivity index (χ4v) is 3.49. The van der Waals surface area contributed by atoms with Gasteiger partial charge in [0.1, 0.15) is 12.4 Å². The van der Waals surface area contributed by atoms with Crippen molar-refractivity contribution in [2.75, 3.05) is 18.9 Å². The van der Waals surface area contributed by atoms with Crippen LogP contribution in [0.2, 0.25) is 0 Å². The van der Waals surface area contributed by atoms with Crippen LogP contribution in [0.25, 0.3) is 10.8 Å². The van der Waals surface area contributed by atoms with E-state index < -0.39 is 0 Å². The van der Waals surface area contributed by atoms with E-state index >= 15 is 0 Å². The molecule has 3 aromatic rings. The lowest BCUT2D eigenvalue weighted by molar-refractivity contribution is -0.671. The van der Waals surface area contributed by atoms with E-state index in [9.17, 15) is 9.59 Å². The SMILES string of the molecule is CN1C(=O)c2cccc3c(NCCCn4cc[n+](C)c4)ccc(c23)C1=O.[CH3-]. The number of carbonyl (C=O) groups is 2. The Balaban J connectivity index is 0.00000210. The number of benzene rings is 2. The van der Waals surface area contributed by atoms with Crippen molar-refractivity contribution in [3.05, 3.63) is 67.6 Å². The number of imidazole rings is 1. The van der Waals surface area contributed by atoms with Gasteiger partial charge in [0, 0.05) is 47.6 Å². The Hall–Kier alpha value is -3.15. The zero-order valence-corrected chi connectivity index (χ0v) is 15.9. The van der Waals surface area contributed by atoms with Crippen molar-refractivity contribution in [1.82, 2.24) is 9.47 Å². The van der Waals surface area contributed by atoms with Gasteiger partial charge in [-0.05, 0) is 18.2 Å². The smallest absolute Gasteiger partial charge is 0.261 e. The van der Waals surface area contributed by atoms with Crippen molar-refractivity contribution in [2.45, 2.75) is 13.0 Å². The molecule has 6 nitrogen and oxygen atoms in total. The molecule has 0 saturated heterocycles. The molecule has 6 heteroatoms. The average molecular weight is 364 g/mol. The van der Waals surface area contributed by atoms with Gasteiger partial charge in [-0.25, -0.2) is 9.13 Å². The van der Waals surface area contributed by atoms with E-state index in [4.69, 9.17) is 0 Å². The summed E-state index contributed by atoms with van der Waals surface area (Å²) in [5.41, 5.74) is 2.12. The van der Waals surface area contributed by atoms with Gasteiger partial charge in [0.15, 0.2) is 0 Å². The van der Waals surface area contributed by atoms with Crippen LogP contribution in [0.5, 0.6) is 0 Å². The van der Waals surface area contributed by atoms with Crippen LogP contribution in [0.3, 0.4) is 0 Å². The first-order chi connectivity index (χ1) is 12.6. The Bertz CT molecular complexity index is 1000. The Morgan fingerprint density at radius 3 is 2.52 bits per heavy atom. The number of hydrogen-bond donors (Lipinski definition) is 1. The highest BCUT2D eigenvalue weighted by Crippen LogP contribution is 2.33. The van der Waals surface area contributed by atoms with Gasteiger partial charge >= 0.3 is 0 Å². The molecule has 0 atom stereocenters. The molecule has 1 aliphatic heterocycles. The summed E-state index contributed by atoms with van der Waals surface area (Å²) in [4.78, 5) is 26.0. The third-order valence-corrected chi connectivity index (χ3v) is 4.84. The topological polar surface area (TPSA) is 58.2 Å². The quantitative estimate of drug-likeness (QED) is 0.328. The Morgan fingerprint density at radius 1 is 1.07 bits per heavy atom. The number of hydrogen-bond acceptors (Lipinski definition) is 3. The summed E-state index contributed by atoms with van der Waals surface area (Å²) in [7, 11) is 3.53. The molecular formula is C21H24N4O2. The van der Waals surface area contributed by atoms with Crippen molar-refractivity contribution < 1.29 is 14.2 Å². The maximum absolute atomic E-state index is 12.4. The molecule has 0 aliphatic carbocycles. The minimum absolute atomic E-state index is 0. The third kappa shape index (κ3) is 3.18. The van der Waals surface area contributed by atoms with E-state index in [2.05, 4.69) is 22.4 Å². The molecule has 0 saturated carbocycles. The second kappa shape index (κ2) is 7.23. The lowest BCUT2D eigenvalue weighted by Gasteiger charge is -2.24. The van der Waals surface area contributed by atoms with E-state index in [1.165, 1.54) is 11.9 Å². The molecule has 1 aromatic heterocycles. The van der Waals surface area contributed by atoms with Gasteiger partial charge < -0.3 is 12.7 Å². The summed E-state index contributed by atoms with van der Waals surface area (Å²) in [6.07, 6.45) is 7.09. The van der Waals surface area contributed by atoms with Crippen LogP contribution in [0.15, 0.2) is 49.1 Å². The predicted octanol–water partition coefficient (Wildman–Crippen LogP) is 2.64. The van der Waals surface area contributed by atoms with Gasteiger partial charge in [0.2, 0.25) is 6.33 Å². The molecule has 2 heterocycles. The molecule has 1 aliphatic rings. The third-order valence-electron chi connectivity index (χ3n) is 4.84. The fraction of sp³-hybridized carbons (Fsp3) is 0.238. The Labute approximate surface area is 159 Å². The maximum atomic E-state index is 12.4. The molecule has 2 amide bonds. The van der Waals surface area contributed by atoms with E-state index in [-0.39, 0.29) is 19.2 Å². The average Bonchev–Trinajstić information content (AvgIpc) is 3.07. The molecule has 2 aromatic carbocycles. The summed E-state index contributed by atoms with van der Waals surface area (Å²) < 4.78 is 4.16. The highest BCUT2D eigenvalue weighted by molar-refractivity contribution is 6.26. The number of nitrogens with one attached hydrogen (secondary N) is 1. The number of anilines is 1. The first kappa shape index (κ1) is 18.6. The Morgan fingerprint density at radius 2 is 1.81 bits per heavy atom. The zero-order valence-electron chi connectivity index (χ0n) is 15.9. The van der Waals surface area contributed by atoms with Crippen molar-refractivity contribution in [1.29, 1.82) is 0 Å². The summed E-state index contributed by atoms with van der Waals surface area (Å²) in [6.45, 7) is 1.74. The van der Waals surface area contributed by atoms with Crippen LogP contribution in [0, 0.1) is 7.43 Å². The van der Waals surface area contributed by atoms with E-state index in [1.54, 1.807) is 6.07 Å². The normalized spacial score (nSPS) is 13.0. The van der Waals surface area contributed by atoms with Gasteiger partial charge in [0.25, 0.3) is 11.8 Å². The van der Waals surface area contributed by atoms with Crippen LogP contribution in [0.4, 0.5) is 5.69 Å². The molecule has 0 radical (unpaired) electrons. The monoisotopic (exact) mass is 364 g/mol. The Kier molecular flexibility index (Phi) is 4.99. The lowest BCUT2D eigenvalue weighted by Crippen LogP contribution is -2.36. The number of carbonyl (C=O) groups excluding carboxylic acids is 2. The van der Waals surface area contributed by atoms with Crippen LogP contribution >= 0.6 is 0 Å². The van der Waals surface area contributed by atoms with Gasteiger partial charge in [-0.1, -0.05) is 12.1 Å². The number of aryl methyl sites for hydroxylation is 2. The van der Waals surface area contributed by atoms with Crippen molar-refractivity contribution >= 4 is 28.3 Å². The van der Waals surface area contributed by atoms with Gasteiger partial charge in [0.05, 0.1) is 13.6 Å². The van der Waals surface area contributed by atoms with E-state index in [1.807, 2.05) is 42.1 Å². The molecule has 140 valence electrons. The number of aromatic nitrogens is 2. The molecule has 0 unspecified atom stereocenters. The van der Waals surface area contributed by atoms with Crippen molar-refractivity contribution in [2.24, 2.45) is 7.05 Å². The maximum Gasteiger partial charge on any atom is 0.261 e. The van der Waals surface area contributed by atoms with E-state index in [0.717, 1.165) is 36.0 Å². The molecule has 0 fully saturated rings. The van der Waals surface area contributed by atoms with Crippen LogP contribution in [0.1, 0.15) is 27.1 Å². The number of rotatable bonds is 5. The largest absolute Gasteiger partial charge is 0.384 e. The van der Waals surface area contributed by atoms with Crippen LogP contribution < -0.4 is 9.88 Å². The number of imide groups is 1. The molecule has 0 bridgehead atoms. The van der Waals surface area contributed by atoms with Crippen molar-refractivity contribution in [3.8, 4) is 0 Å². The van der Waals surface area contributed by atoms with Gasteiger partial charge in [-0.15, -0.1) is 0 Å². The summed E-state index contributed by atoms with van der Waals surface area (Å²) >= 11 is 0. The minimum atomic E-state index is -0.245. The second-order valence-corrected chi connectivity index (χ2v) is 6.66. The summed E-state index contributed by atoms with van der Waals surface area (Å²) in [6, 6.07) is 9.35. The predicted molar refractivity (Wildman–Crippen MR) is 106 cm³/mol. The fourth-order valence-electron chi connectivity index (χ4n) is 3.49. The second-order valence-electron chi connectivity index (χ2n) is 6.66. The molecule has 27 heavy (non-hydrogen) atoms. The van der Waals surface area contributed by atoms with E-state index in [0.29, 0.717) is 11.1 Å². The first-order valence-corrected chi connectivity index (χ1v) is 8.69. The van der Waals surface area contributed by atoms with Crippen LogP contribution in [-0.2, 0) is 13.6 Å². The molecular weight excluding hydrogens is 340 g/mol. The van der Waals surface area contributed by atoms with Crippen LogP contribution in [-0.4, -0.2) is 34.9 Å². The number of amides is 2.